The van der Waals surface area contributed by atoms with Crippen molar-refractivity contribution in [1.82, 2.24) is 4.98 Å². The van der Waals surface area contributed by atoms with Crippen LogP contribution in [0.2, 0.25) is 10.0 Å². The van der Waals surface area contributed by atoms with Crippen LogP contribution in [0.5, 0.6) is 0 Å². The Labute approximate surface area is 219 Å². The molecule has 182 valence electrons. The van der Waals surface area contributed by atoms with E-state index in [9.17, 15) is 9.59 Å². The van der Waals surface area contributed by atoms with Gasteiger partial charge < -0.3 is 15.5 Å². The molecular weight excluding hydrogens is 495 g/mol. The number of pyridine rings is 1. The molecule has 4 aromatic rings. The zero-order chi connectivity index (χ0) is 25.8. The summed E-state index contributed by atoms with van der Waals surface area (Å²) in [5.41, 5.74) is 9.80. The fourth-order valence-electron chi connectivity index (χ4n) is 3.79. The fraction of sp³-hybridized carbons (Fsp3) is 0.107. The van der Waals surface area contributed by atoms with E-state index in [1.54, 1.807) is 30.5 Å². The normalized spacial score (nSPS) is 10.7. The first-order valence-electron chi connectivity index (χ1n) is 11.1. The van der Waals surface area contributed by atoms with Gasteiger partial charge in [-0.1, -0.05) is 35.3 Å². The van der Waals surface area contributed by atoms with Crippen molar-refractivity contribution in [3.8, 4) is 0 Å². The number of nitrogens with two attached hydrogens (primary N) is 1. The van der Waals surface area contributed by atoms with Crippen molar-refractivity contribution >= 4 is 52.0 Å². The Morgan fingerprint density at radius 3 is 2.14 bits per heavy atom. The van der Waals surface area contributed by atoms with Crippen LogP contribution in [0.15, 0.2) is 85.1 Å². The van der Waals surface area contributed by atoms with E-state index in [4.69, 9.17) is 28.9 Å². The van der Waals surface area contributed by atoms with E-state index < -0.39 is 5.91 Å². The number of amides is 1. The van der Waals surface area contributed by atoms with Crippen LogP contribution in [0.4, 0.5) is 17.1 Å². The van der Waals surface area contributed by atoms with Gasteiger partial charge in [0.2, 0.25) is 11.7 Å². The van der Waals surface area contributed by atoms with Crippen LogP contribution < -0.4 is 15.5 Å². The van der Waals surface area contributed by atoms with Crippen LogP contribution >= 0.6 is 23.2 Å². The lowest BCUT2D eigenvalue weighted by molar-refractivity contribution is 0.1000. The van der Waals surface area contributed by atoms with Crippen molar-refractivity contribution in [2.75, 3.05) is 23.9 Å². The molecule has 6 nitrogen and oxygen atoms in total. The number of carbonyl (C=O) groups excluding carboxylic acids is 2. The maximum absolute atomic E-state index is 13.3. The molecule has 36 heavy (non-hydrogen) atoms. The van der Waals surface area contributed by atoms with Gasteiger partial charge in [-0.15, -0.1) is 0 Å². The zero-order valence-corrected chi connectivity index (χ0v) is 21.3. The van der Waals surface area contributed by atoms with Crippen LogP contribution in [0.1, 0.15) is 32.0 Å². The van der Waals surface area contributed by atoms with E-state index in [2.05, 4.69) is 4.98 Å². The number of anilines is 3. The molecule has 1 amide bonds. The van der Waals surface area contributed by atoms with Crippen LogP contribution in [0.3, 0.4) is 0 Å². The highest BCUT2D eigenvalue weighted by Gasteiger charge is 2.17. The minimum Gasteiger partial charge on any atom is -0.370 e. The SMILES string of the molecule is CN(Cc1cccc(Cl)c1)c1cc(C(N)=O)cc(C(=O)c2ccc(N(C)c3ccc(Cl)cc3)cn2)c1. The second kappa shape index (κ2) is 10.8. The third kappa shape index (κ3) is 5.85. The van der Waals surface area contributed by atoms with Gasteiger partial charge in [-0.3, -0.25) is 14.6 Å². The van der Waals surface area contributed by atoms with Crippen molar-refractivity contribution < 1.29 is 9.59 Å². The summed E-state index contributed by atoms with van der Waals surface area (Å²) in [6.07, 6.45) is 1.63. The van der Waals surface area contributed by atoms with Crippen LogP contribution in [-0.2, 0) is 6.54 Å². The molecule has 0 aliphatic carbocycles. The third-order valence-electron chi connectivity index (χ3n) is 5.80. The van der Waals surface area contributed by atoms with Crippen molar-refractivity contribution in [1.29, 1.82) is 0 Å². The van der Waals surface area contributed by atoms with E-state index in [0.717, 1.165) is 16.9 Å². The molecule has 0 aliphatic heterocycles. The van der Waals surface area contributed by atoms with Crippen molar-refractivity contribution in [3.05, 3.63) is 117 Å². The zero-order valence-electron chi connectivity index (χ0n) is 19.8. The first-order chi connectivity index (χ1) is 17.2. The van der Waals surface area contributed by atoms with Crippen LogP contribution in [0.25, 0.3) is 0 Å². The highest BCUT2D eigenvalue weighted by molar-refractivity contribution is 6.30. The molecule has 1 aromatic heterocycles. The van der Waals surface area contributed by atoms with Gasteiger partial charge in [0, 0.05) is 53.2 Å². The van der Waals surface area contributed by atoms with E-state index in [-0.39, 0.29) is 17.0 Å². The number of hydrogen-bond acceptors (Lipinski definition) is 5. The number of aromatic nitrogens is 1. The number of hydrogen-bond donors (Lipinski definition) is 1. The summed E-state index contributed by atoms with van der Waals surface area (Å²) >= 11 is 12.1. The lowest BCUT2D eigenvalue weighted by Crippen LogP contribution is -2.19. The molecule has 0 bridgehead atoms. The van der Waals surface area contributed by atoms with Gasteiger partial charge in [0.25, 0.3) is 0 Å². The van der Waals surface area contributed by atoms with E-state index in [1.165, 1.54) is 6.07 Å². The summed E-state index contributed by atoms with van der Waals surface area (Å²) in [6.45, 7) is 0.528. The Bertz CT molecular complexity index is 1410. The minimum atomic E-state index is -0.616. The number of halogens is 2. The quantitative estimate of drug-likeness (QED) is 0.284. The van der Waals surface area contributed by atoms with Gasteiger partial charge in [-0.25, -0.2) is 0 Å². The molecule has 0 radical (unpaired) electrons. The van der Waals surface area contributed by atoms with Crippen LogP contribution in [0, 0.1) is 0 Å². The number of rotatable bonds is 8. The standard InChI is InChI=1S/C28H24Cl2N4O2/c1-33(17-18-4-3-5-22(30)12-18)25-14-19(13-20(15-25)28(31)36)27(35)26-11-10-24(16-32-26)34(2)23-8-6-21(29)7-9-23/h3-16H,17H2,1-2H3,(H2,31,36). The second-order valence-corrected chi connectivity index (χ2v) is 9.26. The molecule has 0 saturated heterocycles. The Balaban J connectivity index is 1.59. The van der Waals surface area contributed by atoms with Crippen LogP contribution in [-0.4, -0.2) is 30.8 Å². The Hall–Kier alpha value is -3.87. The molecule has 0 fully saturated rings. The van der Waals surface area contributed by atoms with Gasteiger partial charge >= 0.3 is 0 Å². The average molecular weight is 519 g/mol. The number of ketones is 1. The van der Waals surface area contributed by atoms with Gasteiger partial charge in [0.15, 0.2) is 0 Å². The smallest absolute Gasteiger partial charge is 0.248 e. The number of nitrogens with zero attached hydrogens (tertiary/aromatic N) is 3. The molecule has 0 atom stereocenters. The van der Waals surface area contributed by atoms with E-state index in [1.807, 2.05) is 72.4 Å². The lowest BCUT2D eigenvalue weighted by atomic mass is 10.0. The predicted octanol–water partition coefficient (Wildman–Crippen LogP) is 6.12. The summed E-state index contributed by atoms with van der Waals surface area (Å²) in [5, 5.41) is 1.29. The van der Waals surface area contributed by atoms with Gasteiger partial charge in [-0.05, 0) is 72.3 Å². The van der Waals surface area contributed by atoms with Crippen molar-refractivity contribution in [3.63, 3.8) is 0 Å². The summed E-state index contributed by atoms with van der Waals surface area (Å²) in [6, 6.07) is 23.3. The van der Waals surface area contributed by atoms with Gasteiger partial charge in [0.1, 0.15) is 5.69 Å². The van der Waals surface area contributed by atoms with Crippen molar-refractivity contribution in [2.45, 2.75) is 6.54 Å². The highest BCUT2D eigenvalue weighted by Crippen LogP contribution is 2.26. The third-order valence-corrected chi connectivity index (χ3v) is 6.28. The molecule has 8 heteroatoms. The summed E-state index contributed by atoms with van der Waals surface area (Å²) in [4.78, 5) is 33.6. The summed E-state index contributed by atoms with van der Waals surface area (Å²) < 4.78 is 0. The molecule has 0 spiro atoms. The molecule has 4 rings (SSSR count). The largest absolute Gasteiger partial charge is 0.370 e. The second-order valence-electron chi connectivity index (χ2n) is 8.38. The summed E-state index contributed by atoms with van der Waals surface area (Å²) in [7, 11) is 3.77. The molecule has 2 N–H and O–H groups in total. The predicted molar refractivity (Wildman–Crippen MR) is 146 cm³/mol. The van der Waals surface area contributed by atoms with Gasteiger partial charge in [0.05, 0.1) is 11.9 Å². The molecule has 0 saturated carbocycles. The monoisotopic (exact) mass is 518 g/mol. The van der Waals surface area contributed by atoms with Gasteiger partial charge in [-0.2, -0.15) is 0 Å². The molecule has 1 heterocycles. The average Bonchev–Trinajstić information content (AvgIpc) is 2.88. The first-order valence-corrected chi connectivity index (χ1v) is 11.9. The van der Waals surface area contributed by atoms with E-state index >= 15 is 0 Å². The maximum Gasteiger partial charge on any atom is 0.248 e. The molecular formula is C28H24Cl2N4O2. The molecule has 0 unspecified atom stereocenters. The maximum atomic E-state index is 13.3. The minimum absolute atomic E-state index is 0.243. The van der Waals surface area contributed by atoms with E-state index in [0.29, 0.717) is 27.8 Å². The summed E-state index contributed by atoms with van der Waals surface area (Å²) in [5.74, 6) is -0.925. The Kier molecular flexibility index (Phi) is 7.58. The van der Waals surface area contributed by atoms with Crippen molar-refractivity contribution in [2.24, 2.45) is 5.73 Å². The number of primary amides is 1. The number of carbonyl (C=O) groups is 2. The topological polar surface area (TPSA) is 79.5 Å². The first kappa shape index (κ1) is 25.2. The number of benzene rings is 3. The molecule has 0 aliphatic rings. The lowest BCUT2D eigenvalue weighted by Gasteiger charge is -2.21. The molecule has 3 aromatic carbocycles. The highest BCUT2D eigenvalue weighted by atomic mass is 35.5. The Morgan fingerprint density at radius 2 is 1.50 bits per heavy atom. The Morgan fingerprint density at radius 1 is 0.806 bits per heavy atom. The fourth-order valence-corrected chi connectivity index (χ4v) is 4.12.